The van der Waals surface area contributed by atoms with Crippen LogP contribution in [0.25, 0.3) is 0 Å². The van der Waals surface area contributed by atoms with Gasteiger partial charge in [-0.15, -0.1) is 0 Å². The van der Waals surface area contributed by atoms with Crippen LogP contribution in [0.3, 0.4) is 0 Å². The van der Waals surface area contributed by atoms with Gasteiger partial charge in [-0.2, -0.15) is 0 Å². The van der Waals surface area contributed by atoms with Crippen molar-refractivity contribution in [1.82, 2.24) is 0 Å². The molecule has 1 aromatic carbocycles. The Hall–Kier alpha value is -1.75. The Morgan fingerprint density at radius 2 is 2.11 bits per heavy atom. The van der Waals surface area contributed by atoms with Crippen molar-refractivity contribution in [2.24, 2.45) is 0 Å². The molecule has 0 aliphatic heterocycles. The molecule has 0 atom stereocenters. The second-order valence-electron chi connectivity index (χ2n) is 4.34. The Bertz CT molecular complexity index is 396. The van der Waals surface area contributed by atoms with Crippen LogP contribution in [0.2, 0.25) is 0 Å². The minimum absolute atomic E-state index is 0.0780. The molecule has 0 saturated heterocycles. The highest BCUT2D eigenvalue weighted by Gasteiger charge is 2.12. The standard InChI is InChI=1S/C14H22N2O3/c1-2-3-9-19-10-8-16(11-14(17)18)13-7-5-4-6-12(13)15/h4-7H,2-3,8-11,15H2,1H3,(H,17,18). The summed E-state index contributed by atoms with van der Waals surface area (Å²) >= 11 is 0. The number of aliphatic carboxylic acids is 1. The Morgan fingerprint density at radius 3 is 2.74 bits per heavy atom. The smallest absolute Gasteiger partial charge is 0.323 e. The molecule has 3 N–H and O–H groups in total. The number of hydrogen-bond acceptors (Lipinski definition) is 4. The summed E-state index contributed by atoms with van der Waals surface area (Å²) in [6.45, 7) is 3.75. The second-order valence-corrected chi connectivity index (χ2v) is 4.34. The van der Waals surface area contributed by atoms with Crippen LogP contribution in [0.4, 0.5) is 11.4 Å². The number of rotatable bonds is 9. The zero-order chi connectivity index (χ0) is 14.1. The van der Waals surface area contributed by atoms with Crippen molar-refractivity contribution in [2.45, 2.75) is 19.8 Å². The third-order valence-electron chi connectivity index (χ3n) is 2.75. The molecule has 0 heterocycles. The van der Waals surface area contributed by atoms with Crippen molar-refractivity contribution < 1.29 is 14.6 Å². The largest absolute Gasteiger partial charge is 0.480 e. The van der Waals surface area contributed by atoms with Crippen LogP contribution in [0.15, 0.2) is 24.3 Å². The maximum atomic E-state index is 10.9. The van der Waals surface area contributed by atoms with E-state index < -0.39 is 5.97 Å². The molecule has 19 heavy (non-hydrogen) atoms. The van der Waals surface area contributed by atoms with Crippen LogP contribution >= 0.6 is 0 Å². The van der Waals surface area contributed by atoms with Crippen molar-refractivity contribution in [2.75, 3.05) is 36.9 Å². The average molecular weight is 266 g/mol. The number of carboxylic acid groups (broad SMARTS) is 1. The predicted molar refractivity (Wildman–Crippen MR) is 76.4 cm³/mol. The molecule has 0 radical (unpaired) electrons. The van der Waals surface area contributed by atoms with Gasteiger partial charge in [-0.05, 0) is 18.6 Å². The number of benzene rings is 1. The molecule has 0 bridgehead atoms. The quantitative estimate of drug-likeness (QED) is 0.528. The molecule has 0 fully saturated rings. The first-order valence-electron chi connectivity index (χ1n) is 6.54. The van der Waals surface area contributed by atoms with Crippen molar-refractivity contribution in [3.8, 4) is 0 Å². The SMILES string of the molecule is CCCCOCCN(CC(=O)O)c1ccccc1N. The fraction of sp³-hybridized carbons (Fsp3) is 0.500. The van der Waals surface area contributed by atoms with E-state index in [9.17, 15) is 4.79 Å². The first-order chi connectivity index (χ1) is 9.15. The number of nitrogen functional groups attached to an aromatic ring is 1. The number of anilines is 2. The molecule has 0 aliphatic rings. The van der Waals surface area contributed by atoms with Gasteiger partial charge in [0.05, 0.1) is 18.0 Å². The third kappa shape index (κ3) is 5.61. The lowest BCUT2D eigenvalue weighted by Gasteiger charge is -2.24. The van der Waals surface area contributed by atoms with E-state index in [1.165, 1.54) is 0 Å². The molecule has 0 spiro atoms. The summed E-state index contributed by atoms with van der Waals surface area (Å²) in [4.78, 5) is 12.6. The highest BCUT2D eigenvalue weighted by Crippen LogP contribution is 2.21. The van der Waals surface area contributed by atoms with E-state index in [2.05, 4.69) is 6.92 Å². The maximum Gasteiger partial charge on any atom is 0.323 e. The molecule has 0 aliphatic carbocycles. The van der Waals surface area contributed by atoms with E-state index in [1.807, 2.05) is 18.2 Å². The average Bonchev–Trinajstić information content (AvgIpc) is 2.37. The van der Waals surface area contributed by atoms with Crippen LogP contribution in [-0.4, -0.2) is 37.4 Å². The summed E-state index contributed by atoms with van der Waals surface area (Å²) in [6.07, 6.45) is 2.11. The zero-order valence-corrected chi connectivity index (χ0v) is 11.3. The van der Waals surface area contributed by atoms with E-state index in [0.717, 1.165) is 18.5 Å². The number of unbranched alkanes of at least 4 members (excludes halogenated alkanes) is 1. The fourth-order valence-electron chi connectivity index (χ4n) is 1.75. The van der Waals surface area contributed by atoms with Crippen molar-refractivity contribution in [1.29, 1.82) is 0 Å². The maximum absolute atomic E-state index is 10.9. The van der Waals surface area contributed by atoms with Gasteiger partial charge in [0.15, 0.2) is 0 Å². The van der Waals surface area contributed by atoms with Gasteiger partial charge in [0.1, 0.15) is 6.54 Å². The van der Waals surface area contributed by atoms with Gasteiger partial charge in [-0.25, -0.2) is 0 Å². The van der Waals surface area contributed by atoms with Gasteiger partial charge in [-0.1, -0.05) is 25.5 Å². The van der Waals surface area contributed by atoms with Crippen LogP contribution in [0, 0.1) is 0 Å². The second kappa shape index (κ2) is 8.37. The van der Waals surface area contributed by atoms with Crippen molar-refractivity contribution >= 4 is 17.3 Å². The van der Waals surface area contributed by atoms with E-state index in [0.29, 0.717) is 25.4 Å². The van der Waals surface area contributed by atoms with Crippen LogP contribution in [-0.2, 0) is 9.53 Å². The number of carboxylic acids is 1. The van der Waals surface area contributed by atoms with Gasteiger partial charge < -0.3 is 20.5 Å². The molecule has 1 aromatic rings. The number of carbonyl (C=O) groups is 1. The molecule has 1 rings (SSSR count). The number of hydrogen-bond donors (Lipinski definition) is 2. The lowest BCUT2D eigenvalue weighted by Crippen LogP contribution is -2.33. The minimum Gasteiger partial charge on any atom is -0.480 e. The first kappa shape index (κ1) is 15.3. The Morgan fingerprint density at radius 1 is 1.37 bits per heavy atom. The number of ether oxygens (including phenoxy) is 1. The van der Waals surface area contributed by atoms with Gasteiger partial charge in [0.2, 0.25) is 0 Å². The van der Waals surface area contributed by atoms with Crippen LogP contribution in [0.5, 0.6) is 0 Å². The van der Waals surface area contributed by atoms with Gasteiger partial charge in [0, 0.05) is 13.2 Å². The topological polar surface area (TPSA) is 75.8 Å². The number of nitrogens with two attached hydrogens (primary N) is 1. The monoisotopic (exact) mass is 266 g/mol. The minimum atomic E-state index is -0.878. The zero-order valence-electron chi connectivity index (χ0n) is 11.3. The summed E-state index contributed by atoms with van der Waals surface area (Å²) < 4.78 is 5.47. The molecule has 0 unspecified atom stereocenters. The lowest BCUT2D eigenvalue weighted by atomic mass is 10.2. The third-order valence-corrected chi connectivity index (χ3v) is 2.75. The Kier molecular flexibility index (Phi) is 6.74. The highest BCUT2D eigenvalue weighted by atomic mass is 16.5. The van der Waals surface area contributed by atoms with Crippen molar-refractivity contribution in [3.63, 3.8) is 0 Å². The van der Waals surface area contributed by atoms with Gasteiger partial charge in [-0.3, -0.25) is 4.79 Å². The normalized spacial score (nSPS) is 10.4. The van der Waals surface area contributed by atoms with Gasteiger partial charge >= 0.3 is 5.97 Å². The Balaban J connectivity index is 2.57. The highest BCUT2D eigenvalue weighted by molar-refractivity contribution is 5.77. The summed E-state index contributed by atoms with van der Waals surface area (Å²) in [5.74, 6) is -0.878. The molecular formula is C14H22N2O3. The van der Waals surface area contributed by atoms with E-state index in [1.54, 1.807) is 11.0 Å². The molecule has 5 nitrogen and oxygen atoms in total. The molecule has 5 heteroatoms. The molecule has 0 aromatic heterocycles. The fourth-order valence-corrected chi connectivity index (χ4v) is 1.75. The summed E-state index contributed by atoms with van der Waals surface area (Å²) in [6, 6.07) is 7.26. The summed E-state index contributed by atoms with van der Waals surface area (Å²) in [5, 5.41) is 8.95. The summed E-state index contributed by atoms with van der Waals surface area (Å²) in [7, 11) is 0. The van der Waals surface area contributed by atoms with E-state index in [-0.39, 0.29) is 6.54 Å². The van der Waals surface area contributed by atoms with Crippen LogP contribution in [0.1, 0.15) is 19.8 Å². The molecule has 0 saturated carbocycles. The van der Waals surface area contributed by atoms with E-state index in [4.69, 9.17) is 15.6 Å². The van der Waals surface area contributed by atoms with E-state index >= 15 is 0 Å². The Labute approximate surface area is 114 Å². The molecular weight excluding hydrogens is 244 g/mol. The van der Waals surface area contributed by atoms with Crippen LogP contribution < -0.4 is 10.6 Å². The number of nitrogens with zero attached hydrogens (tertiary/aromatic N) is 1. The summed E-state index contributed by atoms with van der Waals surface area (Å²) in [5.41, 5.74) is 7.19. The number of para-hydroxylation sites is 2. The molecule has 0 amide bonds. The predicted octanol–water partition coefficient (Wildman–Crippen LogP) is 1.98. The first-order valence-corrected chi connectivity index (χ1v) is 6.54. The molecule has 106 valence electrons. The lowest BCUT2D eigenvalue weighted by molar-refractivity contribution is -0.135. The van der Waals surface area contributed by atoms with Gasteiger partial charge in [0.25, 0.3) is 0 Å². The van der Waals surface area contributed by atoms with Crippen molar-refractivity contribution in [3.05, 3.63) is 24.3 Å².